The lowest BCUT2D eigenvalue weighted by Crippen LogP contribution is -2.15. The zero-order valence-corrected chi connectivity index (χ0v) is 8.34. The van der Waals surface area contributed by atoms with Crippen LogP contribution in [0.2, 0.25) is 0 Å². The molecule has 0 saturated heterocycles. The molecule has 0 aliphatic heterocycles. The number of benzene rings is 1. The lowest BCUT2D eigenvalue weighted by Gasteiger charge is -2.03. The Kier molecular flexibility index (Phi) is 2.25. The van der Waals surface area contributed by atoms with Crippen LogP contribution in [0.25, 0.3) is 10.8 Å². The summed E-state index contributed by atoms with van der Waals surface area (Å²) in [5.41, 5.74) is 0.840. The molecule has 0 aliphatic rings. The molecule has 4 heteroatoms. The maximum absolute atomic E-state index is 11.8. The summed E-state index contributed by atoms with van der Waals surface area (Å²) in [5.74, 6) is 5.11. The third-order valence-corrected chi connectivity index (χ3v) is 2.37. The van der Waals surface area contributed by atoms with Crippen molar-refractivity contribution in [1.82, 2.24) is 4.57 Å². The number of nitrogens with zero attached hydrogens (tertiary/aromatic N) is 2. The predicted octanol–water partition coefficient (Wildman–Crippen LogP) is 0.831. The Morgan fingerprint density at radius 2 is 2.13 bits per heavy atom. The van der Waals surface area contributed by atoms with Crippen molar-refractivity contribution in [2.45, 2.75) is 0 Å². The van der Waals surface area contributed by atoms with Crippen molar-refractivity contribution in [3.8, 4) is 0 Å². The molecule has 0 radical (unpaired) electrons. The van der Waals surface area contributed by atoms with E-state index >= 15 is 0 Å². The van der Waals surface area contributed by atoms with E-state index in [2.05, 4.69) is 5.10 Å². The molecule has 0 atom stereocenters. The second kappa shape index (κ2) is 3.57. The van der Waals surface area contributed by atoms with Crippen molar-refractivity contribution in [3.63, 3.8) is 0 Å². The number of rotatable bonds is 1. The van der Waals surface area contributed by atoms with Crippen molar-refractivity contribution in [1.29, 1.82) is 0 Å². The van der Waals surface area contributed by atoms with Crippen molar-refractivity contribution in [2.24, 2.45) is 18.0 Å². The Morgan fingerprint density at radius 3 is 2.87 bits per heavy atom. The van der Waals surface area contributed by atoms with Crippen LogP contribution in [0.1, 0.15) is 5.56 Å². The smallest absolute Gasteiger partial charge is 0.258 e. The third kappa shape index (κ3) is 1.50. The van der Waals surface area contributed by atoms with E-state index in [1.54, 1.807) is 30.1 Å². The summed E-state index contributed by atoms with van der Waals surface area (Å²) in [6, 6.07) is 7.37. The zero-order chi connectivity index (χ0) is 10.8. The Bertz CT molecular complexity index is 584. The first-order valence-corrected chi connectivity index (χ1v) is 4.55. The number of hydrogen-bond acceptors (Lipinski definition) is 3. The second-order valence-electron chi connectivity index (χ2n) is 3.32. The zero-order valence-electron chi connectivity index (χ0n) is 8.34. The molecule has 0 unspecified atom stereocenters. The molecule has 2 N–H and O–H groups in total. The summed E-state index contributed by atoms with van der Waals surface area (Å²) in [7, 11) is 1.73. The number of aromatic nitrogens is 1. The van der Waals surface area contributed by atoms with Crippen LogP contribution in [0.15, 0.2) is 40.4 Å². The molecule has 2 aromatic rings. The van der Waals surface area contributed by atoms with Gasteiger partial charge in [-0.3, -0.25) is 4.79 Å². The van der Waals surface area contributed by atoms with Crippen LogP contribution in [0.3, 0.4) is 0 Å². The summed E-state index contributed by atoms with van der Waals surface area (Å²) in [6.45, 7) is 0. The van der Waals surface area contributed by atoms with Gasteiger partial charge in [0.25, 0.3) is 5.56 Å². The van der Waals surface area contributed by atoms with Crippen molar-refractivity contribution >= 4 is 17.0 Å². The molecule has 0 spiro atoms. The van der Waals surface area contributed by atoms with Crippen LogP contribution in [-0.4, -0.2) is 10.8 Å². The number of aryl methyl sites for hydroxylation is 1. The monoisotopic (exact) mass is 201 g/mol. The molecule has 1 aromatic heterocycles. The standard InChI is InChI=1S/C11H11N3O/c1-14-6-5-9-8(7-13-12)3-2-4-10(9)11(14)15/h2-7H,12H2,1H3. The van der Waals surface area contributed by atoms with Gasteiger partial charge in [0.1, 0.15) is 0 Å². The van der Waals surface area contributed by atoms with Gasteiger partial charge in [-0.15, -0.1) is 0 Å². The SMILES string of the molecule is Cn1ccc2c(C=NN)cccc2c1=O. The molecule has 0 amide bonds. The Morgan fingerprint density at radius 1 is 1.33 bits per heavy atom. The topological polar surface area (TPSA) is 60.4 Å². The van der Waals surface area contributed by atoms with Gasteiger partial charge in [0.15, 0.2) is 0 Å². The normalized spacial score (nSPS) is 11.3. The first-order valence-electron chi connectivity index (χ1n) is 4.55. The highest BCUT2D eigenvalue weighted by atomic mass is 16.1. The van der Waals surface area contributed by atoms with Gasteiger partial charge >= 0.3 is 0 Å². The molecule has 0 aliphatic carbocycles. The highest BCUT2D eigenvalue weighted by Crippen LogP contribution is 2.13. The van der Waals surface area contributed by atoms with Gasteiger partial charge < -0.3 is 10.4 Å². The van der Waals surface area contributed by atoms with E-state index in [1.807, 2.05) is 18.2 Å². The molecule has 0 saturated carbocycles. The largest absolute Gasteiger partial charge is 0.323 e. The minimum absolute atomic E-state index is 0.0141. The van der Waals surface area contributed by atoms with Crippen LogP contribution < -0.4 is 11.4 Å². The Hall–Kier alpha value is -2.10. The first kappa shape index (κ1) is 9.45. The molecule has 0 bridgehead atoms. The molecule has 15 heavy (non-hydrogen) atoms. The van der Waals surface area contributed by atoms with Gasteiger partial charge in [-0.05, 0) is 17.5 Å². The van der Waals surface area contributed by atoms with E-state index in [4.69, 9.17) is 5.84 Å². The molecule has 1 aromatic carbocycles. The number of nitrogens with two attached hydrogens (primary N) is 1. The molecule has 76 valence electrons. The summed E-state index contributed by atoms with van der Waals surface area (Å²) in [6.07, 6.45) is 3.28. The lowest BCUT2D eigenvalue weighted by molar-refractivity contribution is 0.873. The van der Waals surface area contributed by atoms with Crippen LogP contribution in [-0.2, 0) is 7.05 Å². The quantitative estimate of drug-likeness (QED) is 0.422. The van der Waals surface area contributed by atoms with Crippen molar-refractivity contribution < 1.29 is 0 Å². The summed E-state index contributed by atoms with van der Waals surface area (Å²) in [4.78, 5) is 11.8. The summed E-state index contributed by atoms with van der Waals surface area (Å²) >= 11 is 0. The minimum Gasteiger partial charge on any atom is -0.323 e. The highest BCUT2D eigenvalue weighted by Gasteiger charge is 2.02. The Labute approximate surface area is 86.6 Å². The predicted molar refractivity (Wildman–Crippen MR) is 61.0 cm³/mol. The number of pyridine rings is 1. The average molecular weight is 201 g/mol. The summed E-state index contributed by atoms with van der Waals surface area (Å²) < 4.78 is 1.55. The van der Waals surface area contributed by atoms with Crippen LogP contribution >= 0.6 is 0 Å². The molecule has 4 nitrogen and oxygen atoms in total. The van der Waals surface area contributed by atoms with Gasteiger partial charge in [-0.1, -0.05) is 12.1 Å². The van der Waals surface area contributed by atoms with Gasteiger partial charge in [-0.25, -0.2) is 0 Å². The minimum atomic E-state index is -0.0141. The first-order chi connectivity index (χ1) is 7.24. The van der Waals surface area contributed by atoms with Gasteiger partial charge in [-0.2, -0.15) is 5.10 Å². The van der Waals surface area contributed by atoms with Crippen molar-refractivity contribution in [3.05, 3.63) is 46.4 Å². The summed E-state index contributed by atoms with van der Waals surface area (Å²) in [5, 5.41) is 5.02. The number of hydrazone groups is 1. The van der Waals surface area contributed by atoms with E-state index < -0.39 is 0 Å². The van der Waals surface area contributed by atoms with E-state index in [1.165, 1.54) is 0 Å². The third-order valence-electron chi connectivity index (χ3n) is 2.37. The number of fused-ring (bicyclic) bond motifs is 1. The van der Waals surface area contributed by atoms with E-state index in [9.17, 15) is 4.79 Å². The molecule has 1 heterocycles. The van der Waals surface area contributed by atoms with E-state index in [0.717, 1.165) is 10.9 Å². The fourth-order valence-corrected chi connectivity index (χ4v) is 1.59. The fraction of sp³-hybridized carbons (Fsp3) is 0.0909. The highest BCUT2D eigenvalue weighted by molar-refractivity contribution is 5.99. The second-order valence-corrected chi connectivity index (χ2v) is 3.32. The maximum Gasteiger partial charge on any atom is 0.258 e. The van der Waals surface area contributed by atoms with Crippen molar-refractivity contribution in [2.75, 3.05) is 0 Å². The number of hydrogen-bond donors (Lipinski definition) is 1. The van der Waals surface area contributed by atoms with Gasteiger partial charge in [0.2, 0.25) is 0 Å². The van der Waals surface area contributed by atoms with Gasteiger partial charge in [0, 0.05) is 24.2 Å². The van der Waals surface area contributed by atoms with Crippen LogP contribution in [0, 0.1) is 0 Å². The molecular weight excluding hydrogens is 190 g/mol. The molecular formula is C11H11N3O. The Balaban J connectivity index is 2.89. The van der Waals surface area contributed by atoms with Gasteiger partial charge in [0.05, 0.1) is 6.21 Å². The molecule has 2 rings (SSSR count). The lowest BCUT2D eigenvalue weighted by atomic mass is 10.1. The van der Waals surface area contributed by atoms with E-state index in [0.29, 0.717) is 5.39 Å². The van der Waals surface area contributed by atoms with Crippen LogP contribution in [0.4, 0.5) is 0 Å². The molecule has 0 fully saturated rings. The maximum atomic E-state index is 11.8. The van der Waals surface area contributed by atoms with E-state index in [-0.39, 0.29) is 5.56 Å². The fourth-order valence-electron chi connectivity index (χ4n) is 1.59. The van der Waals surface area contributed by atoms with Crippen LogP contribution in [0.5, 0.6) is 0 Å². The average Bonchev–Trinajstić information content (AvgIpc) is 2.25.